The van der Waals surface area contributed by atoms with E-state index in [0.29, 0.717) is 12.0 Å². The van der Waals surface area contributed by atoms with Crippen molar-refractivity contribution < 1.29 is 4.74 Å². The van der Waals surface area contributed by atoms with E-state index in [1.807, 2.05) is 6.07 Å². The third-order valence-electron chi connectivity index (χ3n) is 2.15. The summed E-state index contributed by atoms with van der Waals surface area (Å²) in [5.74, 6) is 0.729. The number of benzene rings is 1. The summed E-state index contributed by atoms with van der Waals surface area (Å²) in [6.45, 7) is 0. The van der Waals surface area contributed by atoms with Crippen LogP contribution >= 0.6 is 0 Å². The van der Waals surface area contributed by atoms with Crippen LogP contribution in [0.3, 0.4) is 0 Å². The summed E-state index contributed by atoms with van der Waals surface area (Å²) < 4.78 is 5.18. The molecule has 0 aromatic heterocycles. The van der Waals surface area contributed by atoms with Crippen LogP contribution in [0, 0.1) is 22.7 Å². The van der Waals surface area contributed by atoms with Crippen molar-refractivity contribution >= 4 is 0 Å². The van der Waals surface area contributed by atoms with Gasteiger partial charge in [0.1, 0.15) is 5.75 Å². The van der Waals surface area contributed by atoms with Crippen LogP contribution in [-0.2, 0) is 6.42 Å². The fourth-order valence-corrected chi connectivity index (χ4v) is 1.38. The average Bonchev–Trinajstić information content (AvgIpc) is 2.29. The SMILES string of the molecule is COc1cc(C#N)ccc1CCCC#N. The molecular weight excluding hydrogens is 188 g/mol. The van der Waals surface area contributed by atoms with Crippen LogP contribution in [0.4, 0.5) is 0 Å². The molecule has 0 fully saturated rings. The Morgan fingerprint density at radius 2 is 2.13 bits per heavy atom. The minimum absolute atomic E-state index is 0.545. The van der Waals surface area contributed by atoms with Crippen LogP contribution < -0.4 is 4.74 Å². The molecule has 1 aromatic rings. The Balaban J connectivity index is 2.80. The fraction of sp³-hybridized carbons (Fsp3) is 0.333. The van der Waals surface area contributed by atoms with E-state index < -0.39 is 0 Å². The third kappa shape index (κ3) is 3.00. The molecule has 0 bridgehead atoms. The molecule has 1 rings (SSSR count). The van der Waals surface area contributed by atoms with Gasteiger partial charge in [-0.25, -0.2) is 0 Å². The molecule has 0 unspecified atom stereocenters. The summed E-state index contributed by atoms with van der Waals surface area (Å²) in [6, 6.07) is 9.54. The molecular formula is C12H12N2O. The number of ether oxygens (including phenoxy) is 1. The molecule has 0 aliphatic rings. The van der Waals surface area contributed by atoms with E-state index in [9.17, 15) is 0 Å². The van der Waals surface area contributed by atoms with Gasteiger partial charge in [-0.3, -0.25) is 0 Å². The Hall–Kier alpha value is -2.00. The van der Waals surface area contributed by atoms with E-state index in [1.54, 1.807) is 19.2 Å². The lowest BCUT2D eigenvalue weighted by atomic mass is 10.1. The van der Waals surface area contributed by atoms with Crippen LogP contribution in [0.5, 0.6) is 5.75 Å². The molecule has 0 atom stereocenters. The monoisotopic (exact) mass is 200 g/mol. The summed E-state index contributed by atoms with van der Waals surface area (Å²) in [6.07, 6.45) is 2.17. The maximum absolute atomic E-state index is 8.71. The van der Waals surface area contributed by atoms with Gasteiger partial charge >= 0.3 is 0 Å². The van der Waals surface area contributed by atoms with Gasteiger partial charge in [-0.1, -0.05) is 6.07 Å². The maximum atomic E-state index is 8.71. The van der Waals surface area contributed by atoms with Crippen LogP contribution in [0.15, 0.2) is 18.2 Å². The number of hydrogen-bond acceptors (Lipinski definition) is 3. The van der Waals surface area contributed by atoms with Gasteiger partial charge in [-0.2, -0.15) is 10.5 Å². The first-order chi connectivity index (χ1) is 7.31. The number of aryl methyl sites for hydroxylation is 1. The molecule has 0 aliphatic heterocycles. The molecule has 76 valence electrons. The van der Waals surface area contributed by atoms with Crippen molar-refractivity contribution in [2.75, 3.05) is 7.11 Å². The first kappa shape index (κ1) is 11.1. The topological polar surface area (TPSA) is 56.8 Å². The lowest BCUT2D eigenvalue weighted by molar-refractivity contribution is 0.409. The van der Waals surface area contributed by atoms with Crippen molar-refractivity contribution in [2.45, 2.75) is 19.3 Å². The Morgan fingerprint density at radius 3 is 2.73 bits per heavy atom. The van der Waals surface area contributed by atoms with Gasteiger partial charge in [0.15, 0.2) is 0 Å². The fourth-order valence-electron chi connectivity index (χ4n) is 1.38. The number of nitrogens with zero attached hydrogens (tertiary/aromatic N) is 2. The van der Waals surface area contributed by atoms with E-state index in [-0.39, 0.29) is 0 Å². The van der Waals surface area contributed by atoms with E-state index in [1.165, 1.54) is 0 Å². The minimum Gasteiger partial charge on any atom is -0.496 e. The van der Waals surface area contributed by atoms with E-state index in [0.717, 1.165) is 24.2 Å². The van der Waals surface area contributed by atoms with Crippen LogP contribution in [-0.4, -0.2) is 7.11 Å². The molecule has 0 saturated heterocycles. The first-order valence-corrected chi connectivity index (χ1v) is 4.75. The van der Waals surface area contributed by atoms with E-state index in [4.69, 9.17) is 15.3 Å². The molecule has 0 N–H and O–H groups in total. The lowest BCUT2D eigenvalue weighted by Gasteiger charge is -2.07. The molecule has 3 nitrogen and oxygen atoms in total. The Kier molecular flexibility index (Phi) is 4.19. The Morgan fingerprint density at radius 1 is 1.33 bits per heavy atom. The van der Waals surface area contributed by atoms with Crippen molar-refractivity contribution in [2.24, 2.45) is 0 Å². The average molecular weight is 200 g/mol. The standard InChI is InChI=1S/C12H12N2O/c1-15-12-8-10(9-14)5-6-11(12)4-2-3-7-13/h5-6,8H,2-4H2,1H3. The van der Waals surface area contributed by atoms with Crippen LogP contribution in [0.1, 0.15) is 24.0 Å². The predicted molar refractivity (Wildman–Crippen MR) is 56.3 cm³/mol. The summed E-state index contributed by atoms with van der Waals surface area (Å²) in [4.78, 5) is 0. The zero-order chi connectivity index (χ0) is 11.1. The highest BCUT2D eigenvalue weighted by Gasteiger charge is 2.03. The maximum Gasteiger partial charge on any atom is 0.123 e. The van der Waals surface area contributed by atoms with Gasteiger partial charge in [0, 0.05) is 6.42 Å². The van der Waals surface area contributed by atoms with Crippen molar-refractivity contribution in [3.05, 3.63) is 29.3 Å². The highest BCUT2D eigenvalue weighted by Crippen LogP contribution is 2.21. The van der Waals surface area contributed by atoms with Gasteiger partial charge in [-0.15, -0.1) is 0 Å². The Labute approximate surface area is 89.5 Å². The summed E-state index contributed by atoms with van der Waals surface area (Å²) in [7, 11) is 1.59. The second-order valence-electron chi connectivity index (χ2n) is 3.15. The van der Waals surface area contributed by atoms with Crippen molar-refractivity contribution in [1.29, 1.82) is 10.5 Å². The largest absolute Gasteiger partial charge is 0.496 e. The molecule has 0 heterocycles. The number of unbranched alkanes of at least 4 members (excludes halogenated alkanes) is 1. The van der Waals surface area contributed by atoms with Crippen molar-refractivity contribution in [3.8, 4) is 17.9 Å². The van der Waals surface area contributed by atoms with Crippen molar-refractivity contribution in [1.82, 2.24) is 0 Å². The third-order valence-corrected chi connectivity index (χ3v) is 2.15. The Bertz CT molecular complexity index is 413. The number of hydrogen-bond donors (Lipinski definition) is 0. The number of nitriles is 2. The quantitative estimate of drug-likeness (QED) is 0.701. The zero-order valence-electron chi connectivity index (χ0n) is 8.66. The minimum atomic E-state index is 0.545. The molecule has 1 aromatic carbocycles. The molecule has 0 aliphatic carbocycles. The van der Waals surface area contributed by atoms with E-state index >= 15 is 0 Å². The number of rotatable bonds is 4. The van der Waals surface area contributed by atoms with E-state index in [2.05, 4.69) is 12.1 Å². The van der Waals surface area contributed by atoms with Gasteiger partial charge in [0.25, 0.3) is 0 Å². The molecule has 3 heteroatoms. The predicted octanol–water partition coefficient (Wildman–Crippen LogP) is 2.41. The second-order valence-corrected chi connectivity index (χ2v) is 3.15. The van der Waals surface area contributed by atoms with Gasteiger partial charge < -0.3 is 4.74 Å². The molecule has 15 heavy (non-hydrogen) atoms. The lowest BCUT2D eigenvalue weighted by Crippen LogP contribution is -1.93. The normalized spacial score (nSPS) is 9.00. The summed E-state index contributed by atoms with van der Waals surface area (Å²) >= 11 is 0. The van der Waals surface area contributed by atoms with Gasteiger partial charge in [0.05, 0.1) is 24.8 Å². The van der Waals surface area contributed by atoms with Crippen molar-refractivity contribution in [3.63, 3.8) is 0 Å². The zero-order valence-corrected chi connectivity index (χ0v) is 8.66. The smallest absolute Gasteiger partial charge is 0.123 e. The molecule has 0 amide bonds. The number of methoxy groups -OCH3 is 1. The molecule has 0 spiro atoms. The first-order valence-electron chi connectivity index (χ1n) is 4.75. The van der Waals surface area contributed by atoms with Crippen LogP contribution in [0.25, 0.3) is 0 Å². The van der Waals surface area contributed by atoms with Crippen LogP contribution in [0.2, 0.25) is 0 Å². The highest BCUT2D eigenvalue weighted by atomic mass is 16.5. The van der Waals surface area contributed by atoms with Gasteiger partial charge in [-0.05, 0) is 30.5 Å². The second kappa shape index (κ2) is 5.67. The molecule has 0 radical (unpaired) electrons. The molecule has 0 saturated carbocycles. The van der Waals surface area contributed by atoms with Gasteiger partial charge in [0.2, 0.25) is 0 Å². The highest BCUT2D eigenvalue weighted by molar-refractivity contribution is 5.42. The summed E-state index contributed by atoms with van der Waals surface area (Å²) in [5.41, 5.74) is 1.64. The summed E-state index contributed by atoms with van der Waals surface area (Å²) in [5, 5.41) is 17.1.